The van der Waals surface area contributed by atoms with Crippen LogP contribution in [0.2, 0.25) is 5.02 Å². The molecule has 20 heavy (non-hydrogen) atoms. The molecule has 0 bridgehead atoms. The number of carbonyl (C=O) groups excluding carboxylic acids is 1. The summed E-state index contributed by atoms with van der Waals surface area (Å²) in [6.45, 7) is 0. The van der Waals surface area contributed by atoms with E-state index in [1.165, 1.54) is 18.2 Å². The highest BCUT2D eigenvalue weighted by atomic mass is 79.9. The molecule has 104 valence electrons. The molecule has 2 N–H and O–H groups in total. The van der Waals surface area contributed by atoms with Crippen LogP contribution in [0, 0.1) is 11.6 Å². The van der Waals surface area contributed by atoms with E-state index in [1.54, 1.807) is 0 Å². The number of carbonyl (C=O) groups is 1. The van der Waals surface area contributed by atoms with E-state index in [0.29, 0.717) is 0 Å². The van der Waals surface area contributed by atoms with Gasteiger partial charge in [-0.3, -0.25) is 4.79 Å². The molecule has 1 amide bonds. The van der Waals surface area contributed by atoms with Crippen LogP contribution in [0.25, 0.3) is 0 Å². The fourth-order valence-electron chi connectivity index (χ4n) is 1.50. The maximum atomic E-state index is 13.6. The van der Waals surface area contributed by atoms with E-state index in [1.807, 2.05) is 0 Å². The molecule has 0 aliphatic rings. The zero-order valence-corrected chi connectivity index (χ0v) is 12.1. The highest BCUT2D eigenvalue weighted by molar-refractivity contribution is 9.10. The number of amides is 1. The molecule has 0 saturated heterocycles. The molecule has 3 nitrogen and oxygen atoms in total. The van der Waals surface area contributed by atoms with Crippen molar-refractivity contribution in [2.45, 2.75) is 0 Å². The lowest BCUT2D eigenvalue weighted by atomic mass is 10.2. The van der Waals surface area contributed by atoms with Gasteiger partial charge in [0.1, 0.15) is 17.4 Å². The number of aromatic hydroxyl groups is 1. The largest absolute Gasteiger partial charge is 0.507 e. The van der Waals surface area contributed by atoms with E-state index in [2.05, 4.69) is 21.2 Å². The fourth-order valence-corrected chi connectivity index (χ4v) is 1.99. The molecule has 7 heteroatoms. The Labute approximate surface area is 126 Å². The maximum Gasteiger partial charge on any atom is 0.259 e. The minimum atomic E-state index is -0.812. The van der Waals surface area contributed by atoms with Gasteiger partial charge in [0, 0.05) is 11.1 Å². The van der Waals surface area contributed by atoms with Gasteiger partial charge in [0.05, 0.1) is 15.7 Å². The van der Waals surface area contributed by atoms with Crippen molar-refractivity contribution in [1.82, 2.24) is 0 Å². The smallest absolute Gasteiger partial charge is 0.259 e. The number of phenols is 1. The predicted molar refractivity (Wildman–Crippen MR) is 75.1 cm³/mol. The first-order chi connectivity index (χ1) is 9.38. The Morgan fingerprint density at radius 2 is 1.90 bits per heavy atom. The van der Waals surface area contributed by atoms with E-state index >= 15 is 0 Å². The molecular formula is C13H7BrClF2NO2. The van der Waals surface area contributed by atoms with E-state index < -0.39 is 17.5 Å². The molecule has 0 spiro atoms. The molecule has 0 unspecified atom stereocenters. The van der Waals surface area contributed by atoms with Crippen LogP contribution in [0.3, 0.4) is 0 Å². The van der Waals surface area contributed by atoms with Crippen LogP contribution in [0.5, 0.6) is 5.75 Å². The van der Waals surface area contributed by atoms with Crippen LogP contribution in [0.1, 0.15) is 10.4 Å². The average Bonchev–Trinajstić information content (AvgIpc) is 2.38. The first-order valence-corrected chi connectivity index (χ1v) is 6.50. The van der Waals surface area contributed by atoms with Crippen LogP contribution < -0.4 is 5.32 Å². The number of anilines is 1. The zero-order valence-electron chi connectivity index (χ0n) is 9.75. The van der Waals surface area contributed by atoms with Gasteiger partial charge in [0.25, 0.3) is 5.91 Å². The fraction of sp³-hybridized carbons (Fsp3) is 0. The van der Waals surface area contributed by atoms with Crippen molar-refractivity contribution in [1.29, 1.82) is 0 Å². The van der Waals surface area contributed by atoms with Crippen molar-refractivity contribution in [3.8, 4) is 5.75 Å². The summed E-state index contributed by atoms with van der Waals surface area (Å²) in [6, 6.07) is 5.57. The van der Waals surface area contributed by atoms with Crippen molar-refractivity contribution < 1.29 is 18.7 Å². The van der Waals surface area contributed by atoms with Gasteiger partial charge in [0.2, 0.25) is 0 Å². The summed E-state index contributed by atoms with van der Waals surface area (Å²) in [5, 5.41) is 12.0. The molecule has 0 atom stereocenters. The number of hydrogen-bond donors (Lipinski definition) is 2. The molecular weight excluding hydrogens is 356 g/mol. The van der Waals surface area contributed by atoms with Crippen molar-refractivity contribution >= 4 is 39.1 Å². The second kappa shape index (κ2) is 5.76. The van der Waals surface area contributed by atoms with Gasteiger partial charge in [-0.2, -0.15) is 0 Å². The van der Waals surface area contributed by atoms with Crippen LogP contribution in [-0.4, -0.2) is 11.0 Å². The number of halogens is 4. The molecule has 2 aromatic rings. The van der Waals surface area contributed by atoms with Crippen LogP contribution in [-0.2, 0) is 0 Å². The van der Waals surface area contributed by atoms with Crippen molar-refractivity contribution in [3.05, 3.63) is 57.0 Å². The first kappa shape index (κ1) is 14.7. The van der Waals surface area contributed by atoms with Crippen molar-refractivity contribution in [3.63, 3.8) is 0 Å². The summed E-state index contributed by atoms with van der Waals surface area (Å²) >= 11 is 8.54. The molecule has 0 aliphatic heterocycles. The average molecular weight is 363 g/mol. The Hall–Kier alpha value is -1.66. The van der Waals surface area contributed by atoms with Crippen molar-refractivity contribution in [2.24, 2.45) is 0 Å². The lowest BCUT2D eigenvalue weighted by Crippen LogP contribution is -2.13. The Kier molecular flexibility index (Phi) is 4.25. The molecule has 0 aromatic heterocycles. The SMILES string of the molecule is O=C(Nc1cc(F)c(Br)cc1F)c1cc(Cl)ccc1O. The number of phenolic OH excluding ortho intramolecular Hbond substituents is 1. The summed E-state index contributed by atoms with van der Waals surface area (Å²) < 4.78 is 26.8. The Balaban J connectivity index is 2.32. The minimum absolute atomic E-state index is 0.0569. The third kappa shape index (κ3) is 3.08. The molecule has 0 fully saturated rings. The van der Waals surface area contributed by atoms with Gasteiger partial charge in [-0.15, -0.1) is 0 Å². The van der Waals surface area contributed by atoms with E-state index in [9.17, 15) is 18.7 Å². The molecule has 0 heterocycles. The number of hydrogen-bond acceptors (Lipinski definition) is 2. The van der Waals surface area contributed by atoms with Crippen molar-refractivity contribution in [2.75, 3.05) is 5.32 Å². The van der Waals surface area contributed by atoms with Gasteiger partial charge < -0.3 is 10.4 Å². The Bertz CT molecular complexity index is 694. The first-order valence-electron chi connectivity index (χ1n) is 5.33. The molecule has 0 radical (unpaired) electrons. The van der Waals surface area contributed by atoms with Gasteiger partial charge in [-0.1, -0.05) is 11.6 Å². The highest BCUT2D eigenvalue weighted by Crippen LogP contribution is 2.26. The van der Waals surface area contributed by atoms with Gasteiger partial charge >= 0.3 is 0 Å². The topological polar surface area (TPSA) is 49.3 Å². The molecule has 2 aromatic carbocycles. The third-order valence-electron chi connectivity index (χ3n) is 2.46. The predicted octanol–water partition coefficient (Wildman–Crippen LogP) is 4.34. The van der Waals surface area contributed by atoms with Crippen LogP contribution >= 0.6 is 27.5 Å². The maximum absolute atomic E-state index is 13.6. The quantitative estimate of drug-likeness (QED) is 0.781. The third-order valence-corrected chi connectivity index (χ3v) is 3.30. The van der Waals surface area contributed by atoms with Crippen LogP contribution in [0.15, 0.2) is 34.8 Å². The number of benzene rings is 2. The minimum Gasteiger partial charge on any atom is -0.507 e. The summed E-state index contributed by atoms with van der Waals surface area (Å²) in [5.41, 5.74) is -0.477. The van der Waals surface area contributed by atoms with E-state index in [4.69, 9.17) is 11.6 Å². The Morgan fingerprint density at radius 1 is 1.20 bits per heavy atom. The summed E-state index contributed by atoms with van der Waals surface area (Å²) in [6.07, 6.45) is 0. The normalized spacial score (nSPS) is 10.4. The summed E-state index contributed by atoms with van der Waals surface area (Å²) in [7, 11) is 0. The van der Waals surface area contributed by atoms with Gasteiger partial charge in [0.15, 0.2) is 0 Å². The van der Waals surface area contributed by atoms with Gasteiger partial charge in [-0.25, -0.2) is 8.78 Å². The van der Waals surface area contributed by atoms with E-state index in [-0.39, 0.29) is 26.5 Å². The lowest BCUT2D eigenvalue weighted by Gasteiger charge is -2.09. The monoisotopic (exact) mass is 361 g/mol. The molecule has 2 rings (SSSR count). The molecule has 0 saturated carbocycles. The summed E-state index contributed by atoms with van der Waals surface area (Å²) in [5.74, 6) is -2.65. The number of nitrogens with one attached hydrogen (secondary N) is 1. The molecule has 0 aliphatic carbocycles. The zero-order chi connectivity index (χ0) is 14.9. The van der Waals surface area contributed by atoms with E-state index in [0.717, 1.165) is 12.1 Å². The standard InChI is InChI=1S/C13H7BrClF2NO2/c14-8-4-10(17)11(5-9(8)16)18-13(20)7-3-6(15)1-2-12(7)19/h1-5,19H,(H,18,20). The lowest BCUT2D eigenvalue weighted by molar-refractivity contribution is 0.102. The number of rotatable bonds is 2. The second-order valence-electron chi connectivity index (χ2n) is 3.86. The second-order valence-corrected chi connectivity index (χ2v) is 5.15. The summed E-state index contributed by atoms with van der Waals surface area (Å²) in [4.78, 5) is 11.9. The van der Waals surface area contributed by atoms with Crippen LogP contribution in [0.4, 0.5) is 14.5 Å². The Morgan fingerprint density at radius 3 is 2.60 bits per heavy atom. The van der Waals surface area contributed by atoms with Gasteiger partial charge in [-0.05, 0) is 40.2 Å². The highest BCUT2D eigenvalue weighted by Gasteiger charge is 2.15.